The Bertz CT molecular complexity index is 1050. The van der Waals surface area contributed by atoms with Gasteiger partial charge in [-0.2, -0.15) is 0 Å². The number of halogens is 2. The Kier molecular flexibility index (Phi) is 4.88. The SMILES string of the molecule is O=C(O)CCn1c(C=Cc2c(F)cccc2F)nc2ccccc2c1=O. The van der Waals surface area contributed by atoms with E-state index in [1.807, 2.05) is 0 Å². The molecule has 1 aromatic heterocycles. The molecule has 0 fully saturated rings. The second-order valence-electron chi connectivity index (χ2n) is 5.56. The van der Waals surface area contributed by atoms with Crippen LogP contribution in [0.15, 0.2) is 47.3 Å². The lowest BCUT2D eigenvalue weighted by atomic mass is 10.1. The molecule has 7 heteroatoms. The molecule has 3 aromatic rings. The number of carboxylic acids is 1. The summed E-state index contributed by atoms with van der Waals surface area (Å²) in [5, 5.41) is 9.24. The summed E-state index contributed by atoms with van der Waals surface area (Å²) in [7, 11) is 0. The summed E-state index contributed by atoms with van der Waals surface area (Å²) in [5.41, 5.74) is -0.261. The van der Waals surface area contributed by atoms with Gasteiger partial charge in [-0.15, -0.1) is 0 Å². The van der Waals surface area contributed by atoms with Gasteiger partial charge in [0.05, 0.1) is 17.3 Å². The lowest BCUT2D eigenvalue weighted by Gasteiger charge is -2.10. The van der Waals surface area contributed by atoms with Gasteiger partial charge in [-0.3, -0.25) is 14.2 Å². The molecule has 1 heterocycles. The van der Waals surface area contributed by atoms with E-state index in [1.165, 1.54) is 22.8 Å². The zero-order valence-corrected chi connectivity index (χ0v) is 13.5. The van der Waals surface area contributed by atoms with E-state index in [4.69, 9.17) is 5.11 Å². The van der Waals surface area contributed by atoms with E-state index in [0.29, 0.717) is 10.9 Å². The maximum absolute atomic E-state index is 13.8. The number of para-hydroxylation sites is 1. The van der Waals surface area contributed by atoms with E-state index in [9.17, 15) is 18.4 Å². The Morgan fingerprint density at radius 1 is 1.08 bits per heavy atom. The lowest BCUT2D eigenvalue weighted by molar-refractivity contribution is -0.137. The minimum Gasteiger partial charge on any atom is -0.481 e. The van der Waals surface area contributed by atoms with Crippen molar-refractivity contribution in [3.63, 3.8) is 0 Å². The summed E-state index contributed by atoms with van der Waals surface area (Å²) in [6, 6.07) is 10.1. The quantitative estimate of drug-likeness (QED) is 0.761. The second-order valence-corrected chi connectivity index (χ2v) is 5.56. The highest BCUT2D eigenvalue weighted by atomic mass is 19.1. The minimum atomic E-state index is -1.07. The maximum Gasteiger partial charge on any atom is 0.305 e. The first kappa shape index (κ1) is 17.5. The molecule has 5 nitrogen and oxygen atoms in total. The molecular weight excluding hydrogens is 342 g/mol. The van der Waals surface area contributed by atoms with Gasteiger partial charge < -0.3 is 5.11 Å². The highest BCUT2D eigenvalue weighted by molar-refractivity contribution is 5.79. The zero-order chi connectivity index (χ0) is 18.7. The molecule has 2 aromatic carbocycles. The van der Waals surface area contributed by atoms with Crippen LogP contribution >= 0.6 is 0 Å². The van der Waals surface area contributed by atoms with E-state index in [0.717, 1.165) is 12.1 Å². The summed E-state index contributed by atoms with van der Waals surface area (Å²) in [4.78, 5) is 27.9. The largest absolute Gasteiger partial charge is 0.481 e. The van der Waals surface area contributed by atoms with E-state index in [-0.39, 0.29) is 24.4 Å². The number of hydrogen-bond acceptors (Lipinski definition) is 3. The van der Waals surface area contributed by atoms with Crippen LogP contribution in [0.1, 0.15) is 17.8 Å². The van der Waals surface area contributed by atoms with E-state index < -0.39 is 23.2 Å². The monoisotopic (exact) mass is 356 g/mol. The molecule has 0 saturated carbocycles. The molecule has 0 amide bonds. The van der Waals surface area contributed by atoms with Crippen molar-refractivity contribution in [2.75, 3.05) is 0 Å². The molecule has 0 saturated heterocycles. The number of fused-ring (bicyclic) bond motifs is 1. The van der Waals surface area contributed by atoms with Crippen LogP contribution in [0, 0.1) is 11.6 Å². The molecule has 0 spiro atoms. The fraction of sp³-hybridized carbons (Fsp3) is 0.105. The van der Waals surface area contributed by atoms with Crippen LogP contribution < -0.4 is 5.56 Å². The van der Waals surface area contributed by atoms with E-state index in [1.54, 1.807) is 24.3 Å². The molecule has 132 valence electrons. The summed E-state index contributed by atoms with van der Waals surface area (Å²) >= 11 is 0. The molecule has 0 aliphatic rings. The first-order valence-corrected chi connectivity index (χ1v) is 7.81. The average Bonchev–Trinajstić information content (AvgIpc) is 2.60. The first-order chi connectivity index (χ1) is 12.5. The van der Waals surface area contributed by atoms with Crippen molar-refractivity contribution in [3.8, 4) is 0 Å². The smallest absolute Gasteiger partial charge is 0.305 e. The molecule has 0 aliphatic heterocycles. The third-order valence-corrected chi connectivity index (χ3v) is 3.84. The lowest BCUT2D eigenvalue weighted by Crippen LogP contribution is -2.25. The van der Waals surface area contributed by atoms with Crippen molar-refractivity contribution < 1.29 is 18.7 Å². The molecule has 0 unspecified atom stereocenters. The summed E-state index contributed by atoms with van der Waals surface area (Å²) in [6.07, 6.45) is 2.20. The molecule has 3 rings (SSSR count). The van der Waals surface area contributed by atoms with Crippen LogP contribution in [0.2, 0.25) is 0 Å². The number of benzene rings is 2. The predicted molar refractivity (Wildman–Crippen MR) is 93.5 cm³/mol. The third-order valence-electron chi connectivity index (χ3n) is 3.84. The van der Waals surface area contributed by atoms with Crippen LogP contribution in [0.25, 0.3) is 23.1 Å². The maximum atomic E-state index is 13.8. The van der Waals surface area contributed by atoms with Crippen LogP contribution in [0.3, 0.4) is 0 Å². The van der Waals surface area contributed by atoms with Gasteiger partial charge in [0, 0.05) is 12.1 Å². The van der Waals surface area contributed by atoms with Crippen LogP contribution in [0.4, 0.5) is 8.78 Å². The number of hydrogen-bond donors (Lipinski definition) is 1. The van der Waals surface area contributed by atoms with Crippen molar-refractivity contribution in [1.82, 2.24) is 9.55 Å². The minimum absolute atomic E-state index is 0.106. The van der Waals surface area contributed by atoms with Gasteiger partial charge in [0.2, 0.25) is 0 Å². The zero-order valence-electron chi connectivity index (χ0n) is 13.5. The van der Waals surface area contributed by atoms with Gasteiger partial charge in [-0.1, -0.05) is 18.2 Å². The molecule has 0 atom stereocenters. The Labute approximate surface area is 146 Å². The Morgan fingerprint density at radius 3 is 2.46 bits per heavy atom. The van der Waals surface area contributed by atoms with Gasteiger partial charge in [0.25, 0.3) is 5.56 Å². The third kappa shape index (κ3) is 3.51. The van der Waals surface area contributed by atoms with Gasteiger partial charge >= 0.3 is 5.97 Å². The van der Waals surface area contributed by atoms with E-state index in [2.05, 4.69) is 4.98 Å². The molecule has 0 aliphatic carbocycles. The van der Waals surface area contributed by atoms with Crippen molar-refractivity contribution in [2.24, 2.45) is 0 Å². The standard InChI is InChI=1S/C19H14F2N2O3/c20-14-5-3-6-15(21)12(14)8-9-17-22-16-7-2-1-4-13(16)19(26)23(17)11-10-18(24)25/h1-9H,10-11H2,(H,24,25). The molecule has 26 heavy (non-hydrogen) atoms. The molecule has 1 N–H and O–H groups in total. The molecule has 0 bridgehead atoms. The first-order valence-electron chi connectivity index (χ1n) is 7.81. The number of nitrogens with zero attached hydrogens (tertiary/aromatic N) is 2. The van der Waals surface area contributed by atoms with E-state index >= 15 is 0 Å². The van der Waals surface area contributed by atoms with Crippen LogP contribution in [-0.4, -0.2) is 20.6 Å². The summed E-state index contributed by atoms with van der Waals surface area (Å²) < 4.78 is 28.8. The van der Waals surface area contributed by atoms with Gasteiger partial charge in [-0.25, -0.2) is 13.8 Å². The number of carbonyl (C=O) groups is 1. The Balaban J connectivity index is 2.14. The highest BCUT2D eigenvalue weighted by Crippen LogP contribution is 2.16. The number of rotatable bonds is 5. The average molecular weight is 356 g/mol. The summed E-state index contributed by atoms with van der Waals surface area (Å²) in [5.74, 6) is -2.44. The summed E-state index contributed by atoms with van der Waals surface area (Å²) in [6.45, 7) is -0.106. The highest BCUT2D eigenvalue weighted by Gasteiger charge is 2.11. The Morgan fingerprint density at radius 2 is 1.77 bits per heavy atom. The normalized spacial score (nSPS) is 11.3. The topological polar surface area (TPSA) is 72.2 Å². The van der Waals surface area contributed by atoms with Gasteiger partial charge in [0.15, 0.2) is 0 Å². The predicted octanol–water partition coefficient (Wildman–Crippen LogP) is 3.32. The second kappa shape index (κ2) is 7.26. The molecular formula is C19H14F2N2O3. The van der Waals surface area contributed by atoms with Crippen molar-refractivity contribution in [1.29, 1.82) is 0 Å². The van der Waals surface area contributed by atoms with Crippen molar-refractivity contribution in [2.45, 2.75) is 13.0 Å². The number of aliphatic carboxylic acids is 1. The van der Waals surface area contributed by atoms with Crippen LogP contribution in [0.5, 0.6) is 0 Å². The molecule has 0 radical (unpaired) electrons. The number of carboxylic acid groups (broad SMARTS) is 1. The van der Waals surface area contributed by atoms with Gasteiger partial charge in [-0.05, 0) is 36.4 Å². The van der Waals surface area contributed by atoms with Crippen molar-refractivity contribution >= 4 is 29.0 Å². The fourth-order valence-corrected chi connectivity index (χ4v) is 2.56. The fourth-order valence-electron chi connectivity index (χ4n) is 2.56. The van der Waals surface area contributed by atoms with Gasteiger partial charge in [0.1, 0.15) is 17.5 Å². The van der Waals surface area contributed by atoms with Crippen LogP contribution in [-0.2, 0) is 11.3 Å². The Hall–Kier alpha value is -3.35. The number of aromatic nitrogens is 2. The van der Waals surface area contributed by atoms with Crippen molar-refractivity contribution in [3.05, 3.63) is 75.8 Å².